The van der Waals surface area contributed by atoms with Gasteiger partial charge >= 0.3 is 0 Å². The average Bonchev–Trinajstić information content (AvgIpc) is 3.79. The molecule has 2 aromatic carbocycles. The Morgan fingerprint density at radius 2 is 1.08 bits per heavy atom. The highest BCUT2D eigenvalue weighted by Crippen LogP contribution is 2.25. The molecule has 0 saturated heterocycles. The lowest BCUT2D eigenvalue weighted by molar-refractivity contribution is 0.0925. The summed E-state index contributed by atoms with van der Waals surface area (Å²) in [6.45, 7) is 7.80. The second kappa shape index (κ2) is 23.0. The lowest BCUT2D eigenvalue weighted by Gasteiger charge is -2.19. The SMILES string of the molecule is CCCC(NC(=O)c1cnn(-c2ccc(Cl)cc2)c1C)c1cncc(Br)c1.CCCC(NC(=O)c1cnn(-c2ccc(Cl)cc2)c1C)c1cncc(NS(C)(=O)=O)c1.CS(N)(=O)=O. The van der Waals surface area contributed by atoms with Crippen molar-refractivity contribution in [1.82, 2.24) is 40.2 Å². The molecular formula is C42H49BrCl2N10O6S2. The number of hydrogen-bond acceptors (Lipinski definition) is 10. The van der Waals surface area contributed by atoms with E-state index in [0.29, 0.717) is 44.5 Å². The van der Waals surface area contributed by atoms with Crippen LogP contribution in [0.4, 0.5) is 5.69 Å². The van der Waals surface area contributed by atoms with Crippen LogP contribution >= 0.6 is 39.1 Å². The first-order chi connectivity index (χ1) is 29.7. The van der Waals surface area contributed by atoms with Crippen molar-refractivity contribution in [2.45, 2.75) is 65.5 Å². The molecule has 21 heteroatoms. The largest absolute Gasteiger partial charge is 0.345 e. The van der Waals surface area contributed by atoms with Gasteiger partial charge < -0.3 is 10.6 Å². The minimum Gasteiger partial charge on any atom is -0.345 e. The maximum atomic E-state index is 13.0. The minimum atomic E-state index is -3.43. The maximum Gasteiger partial charge on any atom is 0.255 e. The molecule has 6 rings (SSSR count). The van der Waals surface area contributed by atoms with Gasteiger partial charge in [-0.15, -0.1) is 0 Å². The van der Waals surface area contributed by atoms with Gasteiger partial charge in [0.2, 0.25) is 20.0 Å². The highest BCUT2D eigenvalue weighted by Gasteiger charge is 2.22. The lowest BCUT2D eigenvalue weighted by atomic mass is 10.0. The summed E-state index contributed by atoms with van der Waals surface area (Å²) in [5, 5.41) is 20.5. The van der Waals surface area contributed by atoms with Crippen molar-refractivity contribution in [3.05, 3.63) is 146 Å². The number of rotatable bonds is 14. The van der Waals surface area contributed by atoms with E-state index in [1.54, 1.807) is 64.5 Å². The molecule has 5 N–H and O–H groups in total. The van der Waals surface area contributed by atoms with Crippen LogP contribution in [0, 0.1) is 13.8 Å². The molecule has 0 bridgehead atoms. The molecule has 0 radical (unpaired) electrons. The molecule has 4 aromatic heterocycles. The van der Waals surface area contributed by atoms with E-state index in [0.717, 1.165) is 58.9 Å². The predicted molar refractivity (Wildman–Crippen MR) is 251 cm³/mol. The number of pyridine rings is 2. The van der Waals surface area contributed by atoms with Gasteiger partial charge in [0.05, 0.1) is 82.8 Å². The van der Waals surface area contributed by atoms with Gasteiger partial charge in [-0.1, -0.05) is 49.9 Å². The standard InChI is InChI=1S/C21H24ClN5O3S.C20H20BrClN4O.CH5NO2S/c1-4-5-20(15-10-17(12-23-11-15)26-31(3,29)30)25-21(28)19-13-24-27(14(19)2)18-8-6-16(22)7-9-18;1-3-4-19(14-9-15(21)11-23-10-14)25-20(27)18-12-24-26(13(18)2)17-7-5-16(22)6-8-17;1-5(2,3)4/h6-13,20,26H,4-5H2,1-3H3,(H,25,28);5-12,19H,3-4H2,1-2H3,(H,25,27);1H3,(H2,2,3,4). The second-order valence-electron chi connectivity index (χ2n) is 14.3. The van der Waals surface area contributed by atoms with Crippen molar-refractivity contribution in [2.75, 3.05) is 17.2 Å². The summed E-state index contributed by atoms with van der Waals surface area (Å²) in [6.07, 6.45) is 15.0. The Labute approximate surface area is 386 Å². The normalized spacial score (nSPS) is 12.2. The van der Waals surface area contributed by atoms with Gasteiger partial charge in [0.15, 0.2) is 0 Å². The molecule has 63 heavy (non-hydrogen) atoms. The molecule has 2 atom stereocenters. The van der Waals surface area contributed by atoms with Gasteiger partial charge in [0.1, 0.15) is 0 Å². The van der Waals surface area contributed by atoms with Crippen LogP contribution in [-0.4, -0.2) is 70.7 Å². The van der Waals surface area contributed by atoms with Gasteiger partial charge in [-0.3, -0.25) is 24.3 Å². The Hall–Kier alpha value is -5.18. The van der Waals surface area contributed by atoms with E-state index in [1.165, 1.54) is 12.4 Å². The van der Waals surface area contributed by atoms with Crippen molar-refractivity contribution in [3.63, 3.8) is 0 Å². The van der Waals surface area contributed by atoms with Crippen LogP contribution in [0.3, 0.4) is 0 Å². The third kappa shape index (κ3) is 15.8. The number of anilines is 1. The number of halogens is 3. The summed E-state index contributed by atoms with van der Waals surface area (Å²) >= 11 is 15.3. The Morgan fingerprint density at radius 3 is 1.46 bits per heavy atom. The number of aromatic nitrogens is 6. The first-order valence-corrected chi connectivity index (χ1v) is 24.8. The molecule has 0 aliphatic rings. The van der Waals surface area contributed by atoms with E-state index in [-0.39, 0.29) is 23.9 Å². The zero-order chi connectivity index (χ0) is 46.5. The number of carbonyl (C=O) groups excluding carboxylic acids is 2. The van der Waals surface area contributed by atoms with Crippen LogP contribution in [0.25, 0.3) is 11.4 Å². The monoisotopic (exact) mass is 1000 g/mol. The number of benzene rings is 2. The molecule has 6 aromatic rings. The fourth-order valence-electron chi connectivity index (χ4n) is 6.18. The van der Waals surface area contributed by atoms with Crippen molar-refractivity contribution >= 4 is 76.7 Å². The van der Waals surface area contributed by atoms with Crippen molar-refractivity contribution in [3.8, 4) is 11.4 Å². The van der Waals surface area contributed by atoms with Crippen LogP contribution < -0.4 is 20.5 Å². The van der Waals surface area contributed by atoms with Gasteiger partial charge in [0.25, 0.3) is 11.8 Å². The van der Waals surface area contributed by atoms with Crippen LogP contribution in [0.2, 0.25) is 10.0 Å². The van der Waals surface area contributed by atoms with E-state index in [9.17, 15) is 26.4 Å². The van der Waals surface area contributed by atoms with Crippen molar-refractivity contribution < 1.29 is 26.4 Å². The first-order valence-electron chi connectivity index (χ1n) is 19.4. The van der Waals surface area contributed by atoms with Gasteiger partial charge in [0, 0.05) is 33.1 Å². The average molecular weight is 1000 g/mol. The third-order valence-corrected chi connectivity index (χ3v) is 10.6. The molecule has 336 valence electrons. The summed E-state index contributed by atoms with van der Waals surface area (Å²) in [7, 11) is -6.59. The molecule has 16 nitrogen and oxygen atoms in total. The van der Waals surface area contributed by atoms with E-state index in [2.05, 4.69) is 63.5 Å². The quantitative estimate of drug-likeness (QED) is 0.0821. The van der Waals surface area contributed by atoms with Gasteiger partial charge in [-0.2, -0.15) is 10.2 Å². The molecule has 2 unspecified atom stereocenters. The number of amides is 2. The third-order valence-electron chi connectivity index (χ3n) is 9.01. The number of nitrogens with two attached hydrogens (primary N) is 1. The zero-order valence-corrected chi connectivity index (χ0v) is 40.1. The fraction of sp³-hybridized carbons (Fsp3) is 0.286. The van der Waals surface area contributed by atoms with Crippen LogP contribution in [0.5, 0.6) is 0 Å². The summed E-state index contributed by atoms with van der Waals surface area (Å²) in [4.78, 5) is 34.2. The molecule has 0 fully saturated rings. The molecule has 0 aliphatic carbocycles. The topological polar surface area (TPSA) is 226 Å². The lowest BCUT2D eigenvalue weighted by Crippen LogP contribution is -2.29. The smallest absolute Gasteiger partial charge is 0.255 e. The number of nitrogens with one attached hydrogen (secondary N) is 3. The van der Waals surface area contributed by atoms with Crippen molar-refractivity contribution in [1.29, 1.82) is 0 Å². The van der Waals surface area contributed by atoms with E-state index < -0.39 is 20.0 Å². The summed E-state index contributed by atoms with van der Waals surface area (Å²) in [5.41, 5.74) is 6.17. The molecule has 0 spiro atoms. The number of nitrogens with zero attached hydrogens (tertiary/aromatic N) is 6. The maximum absolute atomic E-state index is 13.0. The highest BCUT2D eigenvalue weighted by atomic mass is 79.9. The molecule has 0 saturated carbocycles. The Bertz CT molecular complexity index is 2710. The zero-order valence-electron chi connectivity index (χ0n) is 35.4. The number of hydrogen-bond donors (Lipinski definition) is 4. The second-order valence-corrected chi connectivity index (χ2v) is 19.5. The van der Waals surface area contributed by atoms with Crippen LogP contribution in [0.15, 0.2) is 102 Å². The number of sulfonamides is 2. The van der Waals surface area contributed by atoms with E-state index in [4.69, 9.17) is 23.2 Å². The molecule has 4 heterocycles. The summed E-state index contributed by atoms with van der Waals surface area (Å²) in [6, 6.07) is 17.8. The van der Waals surface area contributed by atoms with Crippen LogP contribution in [-0.2, 0) is 20.0 Å². The fourth-order valence-corrected chi connectivity index (χ4v) is 7.36. The summed E-state index contributed by atoms with van der Waals surface area (Å²) in [5.74, 6) is -0.413. The van der Waals surface area contributed by atoms with Gasteiger partial charge in [-0.25, -0.2) is 31.3 Å². The van der Waals surface area contributed by atoms with E-state index in [1.807, 2.05) is 51.1 Å². The van der Waals surface area contributed by atoms with Crippen molar-refractivity contribution in [2.24, 2.45) is 5.14 Å². The minimum absolute atomic E-state index is 0.106. The molecule has 0 aliphatic heterocycles. The van der Waals surface area contributed by atoms with Crippen LogP contribution in [0.1, 0.15) is 94.8 Å². The molecular weight excluding hydrogens is 955 g/mol. The van der Waals surface area contributed by atoms with E-state index >= 15 is 0 Å². The van der Waals surface area contributed by atoms with Gasteiger partial charge in [-0.05, 0) is 114 Å². The highest BCUT2D eigenvalue weighted by molar-refractivity contribution is 9.10. The Kier molecular flexibility index (Phi) is 18.4. The first kappa shape index (κ1) is 50.5. The molecule has 2 amide bonds. The Balaban J connectivity index is 0.000000252. The predicted octanol–water partition coefficient (Wildman–Crippen LogP) is 8.04. The number of primary sulfonamides is 1. The Morgan fingerprint density at radius 1 is 0.683 bits per heavy atom. The number of carbonyl (C=O) groups is 2. The summed E-state index contributed by atoms with van der Waals surface area (Å²) < 4.78 is 48.6.